The molecule has 1 heterocycles. The second-order valence-corrected chi connectivity index (χ2v) is 7.90. The van der Waals surface area contributed by atoms with Crippen molar-refractivity contribution in [3.8, 4) is 0 Å². The summed E-state index contributed by atoms with van der Waals surface area (Å²) in [5.41, 5.74) is 1.66. The van der Waals surface area contributed by atoms with E-state index >= 15 is 0 Å². The van der Waals surface area contributed by atoms with E-state index in [1.807, 2.05) is 0 Å². The van der Waals surface area contributed by atoms with Crippen molar-refractivity contribution in [2.75, 3.05) is 10.6 Å². The van der Waals surface area contributed by atoms with Crippen LogP contribution in [0.5, 0.6) is 0 Å². The molecule has 1 atom stereocenters. The quantitative estimate of drug-likeness (QED) is 0.639. The van der Waals surface area contributed by atoms with Gasteiger partial charge < -0.3 is 5.32 Å². The third-order valence-electron chi connectivity index (χ3n) is 4.45. The van der Waals surface area contributed by atoms with Gasteiger partial charge >= 0.3 is 0 Å². The zero-order valence-corrected chi connectivity index (χ0v) is 16.1. The van der Waals surface area contributed by atoms with Gasteiger partial charge in [-0.15, -0.1) is 11.3 Å². The number of nitrogens with zero attached hydrogens (tertiary/aromatic N) is 1. The van der Waals surface area contributed by atoms with Crippen molar-refractivity contribution in [2.24, 2.45) is 0 Å². The highest BCUT2D eigenvalue weighted by Gasteiger charge is 2.33. The second kappa shape index (κ2) is 7.69. The zero-order valence-electron chi connectivity index (χ0n) is 14.5. The van der Waals surface area contributed by atoms with E-state index in [9.17, 15) is 14.0 Å². The fourth-order valence-corrected chi connectivity index (χ4v) is 4.33. The number of nitrogens with one attached hydrogen (secondary N) is 2. The summed E-state index contributed by atoms with van der Waals surface area (Å²) in [7, 11) is 0. The summed E-state index contributed by atoms with van der Waals surface area (Å²) in [4.78, 5) is 30.4. The largest absolute Gasteiger partial charge is 0.325 e. The van der Waals surface area contributed by atoms with Crippen LogP contribution in [-0.4, -0.2) is 16.8 Å². The van der Waals surface area contributed by atoms with Crippen LogP contribution >= 0.6 is 22.9 Å². The Kier molecular flexibility index (Phi) is 5.11. The summed E-state index contributed by atoms with van der Waals surface area (Å²) in [6.07, 6.45) is 1.40. The minimum atomic E-state index is -0.404. The summed E-state index contributed by atoms with van der Waals surface area (Å²) in [5.74, 6) is -1.30. The number of hydrogen-bond donors (Lipinski definition) is 2. The van der Waals surface area contributed by atoms with Gasteiger partial charge in [0.1, 0.15) is 5.82 Å². The van der Waals surface area contributed by atoms with Gasteiger partial charge in [0.25, 0.3) is 5.91 Å². The molecule has 2 aromatic carbocycles. The molecule has 1 aliphatic carbocycles. The first kappa shape index (κ1) is 18.6. The summed E-state index contributed by atoms with van der Waals surface area (Å²) in [6, 6.07) is 12.2. The number of carbonyl (C=O) groups excluding carboxylic acids is 2. The molecule has 1 aliphatic rings. The van der Waals surface area contributed by atoms with Gasteiger partial charge in [0.2, 0.25) is 5.91 Å². The maximum atomic E-state index is 13.0. The molecule has 2 amide bonds. The maximum Gasteiger partial charge on any atom is 0.257 e. The van der Waals surface area contributed by atoms with Crippen LogP contribution in [0, 0.1) is 5.82 Å². The number of benzene rings is 2. The van der Waals surface area contributed by atoms with Crippen molar-refractivity contribution in [1.29, 1.82) is 0 Å². The average molecular weight is 416 g/mol. The molecule has 0 saturated heterocycles. The van der Waals surface area contributed by atoms with Gasteiger partial charge in [0, 0.05) is 21.2 Å². The lowest BCUT2D eigenvalue weighted by molar-refractivity contribution is -0.117. The predicted molar refractivity (Wildman–Crippen MR) is 108 cm³/mol. The summed E-state index contributed by atoms with van der Waals surface area (Å²) in [6.45, 7) is 0. The molecule has 0 saturated carbocycles. The van der Waals surface area contributed by atoms with Crippen molar-refractivity contribution in [3.63, 3.8) is 0 Å². The van der Waals surface area contributed by atoms with Gasteiger partial charge in [-0.2, -0.15) is 0 Å². The Morgan fingerprint density at radius 2 is 1.93 bits per heavy atom. The molecule has 0 aliphatic heterocycles. The van der Waals surface area contributed by atoms with E-state index < -0.39 is 5.82 Å². The second-order valence-electron chi connectivity index (χ2n) is 6.38. The number of aromatic nitrogens is 1. The molecule has 8 heteroatoms. The number of anilines is 2. The van der Waals surface area contributed by atoms with Gasteiger partial charge in [-0.25, -0.2) is 9.37 Å². The molecule has 4 rings (SSSR count). The molecule has 2 N–H and O–H groups in total. The molecular formula is C20H15ClFN3O2S. The molecule has 28 heavy (non-hydrogen) atoms. The Morgan fingerprint density at radius 3 is 2.68 bits per heavy atom. The third kappa shape index (κ3) is 3.90. The zero-order chi connectivity index (χ0) is 19.7. The van der Waals surface area contributed by atoms with Crippen LogP contribution < -0.4 is 10.6 Å². The van der Waals surface area contributed by atoms with Crippen LogP contribution in [0.3, 0.4) is 0 Å². The number of carbonyl (C=O) groups is 2. The van der Waals surface area contributed by atoms with Crippen molar-refractivity contribution in [3.05, 3.63) is 75.5 Å². The highest BCUT2D eigenvalue weighted by atomic mass is 35.5. The van der Waals surface area contributed by atoms with Crippen LogP contribution in [0.15, 0.2) is 48.5 Å². The molecule has 0 spiro atoms. The van der Waals surface area contributed by atoms with E-state index in [1.165, 1.54) is 35.6 Å². The Bertz CT molecular complexity index is 1050. The van der Waals surface area contributed by atoms with Crippen LogP contribution in [-0.2, 0) is 11.2 Å². The maximum absolute atomic E-state index is 13.0. The number of aryl methyl sites for hydroxylation is 1. The molecular weight excluding hydrogens is 401 g/mol. The minimum Gasteiger partial charge on any atom is -0.325 e. The Morgan fingerprint density at radius 1 is 1.14 bits per heavy atom. The van der Waals surface area contributed by atoms with Crippen LogP contribution in [0.4, 0.5) is 15.2 Å². The predicted octanol–water partition coefficient (Wildman–Crippen LogP) is 4.86. The van der Waals surface area contributed by atoms with E-state index in [1.54, 1.807) is 24.3 Å². The molecule has 3 aromatic rings. The van der Waals surface area contributed by atoms with Gasteiger partial charge in [-0.1, -0.05) is 17.7 Å². The Balaban J connectivity index is 1.47. The van der Waals surface area contributed by atoms with Crippen LogP contribution in [0.2, 0.25) is 5.02 Å². The SMILES string of the molecule is O=C(Nc1nc2c(s1)CCC2C(=O)Nc1cccc(Cl)c1)c1ccc(F)cc1. The standard InChI is InChI=1S/C20H15ClFN3O2S/c21-12-2-1-3-14(10-12)23-19(27)15-8-9-16-17(15)24-20(28-16)25-18(26)11-4-6-13(22)7-5-11/h1-7,10,15H,8-9H2,(H,23,27)(H,24,25,26). The lowest BCUT2D eigenvalue weighted by Gasteiger charge is -2.11. The van der Waals surface area contributed by atoms with Crippen molar-refractivity contribution >= 4 is 45.6 Å². The summed E-state index contributed by atoms with van der Waals surface area (Å²) < 4.78 is 13.0. The van der Waals surface area contributed by atoms with Crippen LogP contribution in [0.1, 0.15) is 33.3 Å². The van der Waals surface area contributed by atoms with E-state index in [0.717, 1.165) is 11.3 Å². The summed E-state index contributed by atoms with van der Waals surface area (Å²) >= 11 is 7.32. The first-order valence-electron chi connectivity index (χ1n) is 8.62. The normalized spacial score (nSPS) is 15.1. The molecule has 142 valence electrons. The van der Waals surface area contributed by atoms with Crippen LogP contribution in [0.25, 0.3) is 0 Å². The molecule has 1 aromatic heterocycles. The van der Waals surface area contributed by atoms with E-state index in [0.29, 0.717) is 33.5 Å². The monoisotopic (exact) mass is 415 g/mol. The fraction of sp³-hybridized carbons (Fsp3) is 0.150. The van der Waals surface area contributed by atoms with E-state index in [2.05, 4.69) is 15.6 Å². The molecule has 0 bridgehead atoms. The number of halogens is 2. The highest BCUT2D eigenvalue weighted by molar-refractivity contribution is 7.16. The average Bonchev–Trinajstić information content (AvgIpc) is 3.22. The number of thiazole rings is 1. The Labute approximate surface area is 169 Å². The molecule has 5 nitrogen and oxygen atoms in total. The number of fused-ring (bicyclic) bond motifs is 1. The Hall–Kier alpha value is -2.77. The van der Waals surface area contributed by atoms with Gasteiger partial charge in [0.05, 0.1) is 11.6 Å². The minimum absolute atomic E-state index is 0.150. The van der Waals surface area contributed by atoms with Gasteiger partial charge in [0.15, 0.2) is 5.13 Å². The topological polar surface area (TPSA) is 71.1 Å². The van der Waals surface area contributed by atoms with Crippen molar-refractivity contribution in [2.45, 2.75) is 18.8 Å². The van der Waals surface area contributed by atoms with Gasteiger partial charge in [-0.05, 0) is 55.3 Å². The molecule has 1 unspecified atom stereocenters. The number of hydrogen-bond acceptors (Lipinski definition) is 4. The highest BCUT2D eigenvalue weighted by Crippen LogP contribution is 2.39. The van der Waals surface area contributed by atoms with E-state index in [4.69, 9.17) is 11.6 Å². The number of amides is 2. The lowest BCUT2D eigenvalue weighted by atomic mass is 10.1. The number of rotatable bonds is 4. The molecule has 0 fully saturated rings. The smallest absolute Gasteiger partial charge is 0.257 e. The third-order valence-corrected chi connectivity index (χ3v) is 5.73. The van der Waals surface area contributed by atoms with Gasteiger partial charge in [-0.3, -0.25) is 14.9 Å². The van der Waals surface area contributed by atoms with Crippen molar-refractivity contribution in [1.82, 2.24) is 4.98 Å². The summed E-state index contributed by atoms with van der Waals surface area (Å²) in [5, 5.41) is 6.56. The van der Waals surface area contributed by atoms with Crippen molar-refractivity contribution < 1.29 is 14.0 Å². The first-order valence-corrected chi connectivity index (χ1v) is 9.82. The molecule has 0 radical (unpaired) electrons. The lowest BCUT2D eigenvalue weighted by Crippen LogP contribution is -2.20. The fourth-order valence-electron chi connectivity index (χ4n) is 3.10. The van der Waals surface area contributed by atoms with E-state index in [-0.39, 0.29) is 17.7 Å². The first-order chi connectivity index (χ1) is 13.5.